The van der Waals surface area contributed by atoms with Crippen LogP contribution in [-0.2, 0) is 24.3 Å². The number of carbonyl (C=O) groups is 1. The Balaban J connectivity index is 1.44. The van der Waals surface area contributed by atoms with Crippen molar-refractivity contribution in [2.24, 2.45) is 0 Å². The second kappa shape index (κ2) is 9.32. The van der Waals surface area contributed by atoms with E-state index in [1.165, 1.54) is 6.33 Å². The van der Waals surface area contributed by atoms with E-state index in [1.54, 1.807) is 18.1 Å². The van der Waals surface area contributed by atoms with Crippen molar-refractivity contribution in [3.63, 3.8) is 0 Å². The van der Waals surface area contributed by atoms with E-state index in [-0.39, 0.29) is 5.91 Å². The van der Waals surface area contributed by atoms with Crippen molar-refractivity contribution < 1.29 is 9.53 Å². The van der Waals surface area contributed by atoms with E-state index in [0.29, 0.717) is 25.9 Å². The van der Waals surface area contributed by atoms with Crippen molar-refractivity contribution in [3.8, 4) is 5.75 Å². The van der Waals surface area contributed by atoms with E-state index >= 15 is 0 Å². The molecule has 7 heteroatoms. The molecule has 1 aromatic heterocycles. The predicted octanol–water partition coefficient (Wildman–Crippen LogP) is 3.35. The molecule has 0 aliphatic rings. The van der Waals surface area contributed by atoms with Gasteiger partial charge in [0.1, 0.15) is 18.4 Å². The molecule has 27 heavy (non-hydrogen) atoms. The van der Waals surface area contributed by atoms with Gasteiger partial charge in [-0.05, 0) is 51.2 Å². The number of amides is 1. The minimum absolute atomic E-state index is 0.0358. The minimum atomic E-state index is 0.0358. The van der Waals surface area contributed by atoms with Crippen molar-refractivity contribution >= 4 is 21.8 Å². The summed E-state index contributed by atoms with van der Waals surface area (Å²) in [5.74, 6) is 0.823. The van der Waals surface area contributed by atoms with Gasteiger partial charge in [0.25, 0.3) is 0 Å². The molecular formula is C20H21BrN4O2. The molecule has 140 valence electrons. The van der Waals surface area contributed by atoms with Gasteiger partial charge in [-0.2, -0.15) is 5.10 Å². The molecule has 0 aliphatic carbocycles. The van der Waals surface area contributed by atoms with E-state index in [2.05, 4.69) is 31.3 Å². The highest BCUT2D eigenvalue weighted by molar-refractivity contribution is 9.10. The van der Waals surface area contributed by atoms with Crippen LogP contribution in [0.1, 0.15) is 23.1 Å². The lowest BCUT2D eigenvalue weighted by atomic mass is 10.1. The summed E-state index contributed by atoms with van der Waals surface area (Å²) < 4.78 is 7.89. The Morgan fingerprint density at radius 1 is 1.15 bits per heavy atom. The van der Waals surface area contributed by atoms with Gasteiger partial charge in [-0.15, -0.1) is 0 Å². The molecular weight excluding hydrogens is 408 g/mol. The molecule has 0 radical (unpaired) electrons. The van der Waals surface area contributed by atoms with Crippen LogP contribution >= 0.6 is 15.9 Å². The Kier molecular flexibility index (Phi) is 6.59. The SMILES string of the molecule is COc1ccc(CCC(=O)NCc2ccc(Cn3cncn3)cc2)cc1Br. The summed E-state index contributed by atoms with van der Waals surface area (Å²) in [6.45, 7) is 1.21. The highest BCUT2D eigenvalue weighted by atomic mass is 79.9. The Morgan fingerprint density at radius 3 is 2.56 bits per heavy atom. The fourth-order valence-electron chi connectivity index (χ4n) is 2.68. The third-order valence-electron chi connectivity index (χ3n) is 4.18. The third-order valence-corrected chi connectivity index (χ3v) is 4.80. The van der Waals surface area contributed by atoms with Gasteiger partial charge in [0.05, 0.1) is 18.1 Å². The van der Waals surface area contributed by atoms with Gasteiger partial charge in [0.2, 0.25) is 5.91 Å². The van der Waals surface area contributed by atoms with Crippen LogP contribution in [0.4, 0.5) is 0 Å². The average Bonchev–Trinajstić information content (AvgIpc) is 3.19. The number of benzene rings is 2. The number of rotatable bonds is 8. The second-order valence-electron chi connectivity index (χ2n) is 6.16. The lowest BCUT2D eigenvalue weighted by Crippen LogP contribution is -2.23. The zero-order valence-corrected chi connectivity index (χ0v) is 16.6. The van der Waals surface area contributed by atoms with Crippen LogP contribution in [-0.4, -0.2) is 27.8 Å². The first-order chi connectivity index (χ1) is 13.1. The molecule has 0 saturated carbocycles. The maximum atomic E-state index is 12.1. The molecule has 0 bridgehead atoms. The molecule has 0 aliphatic heterocycles. The van der Waals surface area contributed by atoms with Gasteiger partial charge in [-0.3, -0.25) is 4.79 Å². The molecule has 1 N–H and O–H groups in total. The summed E-state index contributed by atoms with van der Waals surface area (Å²) in [6.07, 6.45) is 4.35. The standard InChI is InChI=1S/C20H21BrN4O2/c1-27-19-8-6-15(10-18(19)21)7-9-20(26)23-11-16-2-4-17(5-3-16)12-25-14-22-13-24-25/h2-6,8,10,13-14H,7,9,11-12H2,1H3,(H,23,26). The average molecular weight is 429 g/mol. The summed E-state index contributed by atoms with van der Waals surface area (Å²) in [6, 6.07) is 14.0. The maximum absolute atomic E-state index is 12.1. The number of nitrogens with one attached hydrogen (secondary N) is 1. The van der Waals surface area contributed by atoms with Crippen LogP contribution in [0.2, 0.25) is 0 Å². The van der Waals surface area contributed by atoms with E-state index < -0.39 is 0 Å². The summed E-state index contributed by atoms with van der Waals surface area (Å²) in [5, 5.41) is 7.06. The molecule has 3 aromatic rings. The Morgan fingerprint density at radius 2 is 1.89 bits per heavy atom. The topological polar surface area (TPSA) is 69.0 Å². The quantitative estimate of drug-likeness (QED) is 0.597. The number of carbonyl (C=O) groups excluding carboxylic acids is 1. The zero-order valence-electron chi connectivity index (χ0n) is 15.1. The molecule has 0 fully saturated rings. The van der Waals surface area contributed by atoms with Crippen LogP contribution in [0.3, 0.4) is 0 Å². The van der Waals surface area contributed by atoms with Crippen molar-refractivity contribution in [2.45, 2.75) is 25.9 Å². The number of nitrogens with zero attached hydrogens (tertiary/aromatic N) is 3. The van der Waals surface area contributed by atoms with Crippen LogP contribution < -0.4 is 10.1 Å². The number of methoxy groups -OCH3 is 1. The molecule has 0 saturated heterocycles. The van der Waals surface area contributed by atoms with Gasteiger partial charge in [-0.1, -0.05) is 30.3 Å². The normalized spacial score (nSPS) is 10.6. The fourth-order valence-corrected chi connectivity index (χ4v) is 3.26. The molecule has 0 spiro atoms. The van der Waals surface area contributed by atoms with E-state index in [1.807, 2.05) is 42.5 Å². The number of aryl methyl sites for hydroxylation is 1. The Labute approximate surface area is 166 Å². The van der Waals surface area contributed by atoms with Gasteiger partial charge in [0.15, 0.2) is 0 Å². The Hall–Kier alpha value is -2.67. The van der Waals surface area contributed by atoms with E-state index in [9.17, 15) is 4.79 Å². The predicted molar refractivity (Wildman–Crippen MR) is 106 cm³/mol. The van der Waals surface area contributed by atoms with E-state index in [4.69, 9.17) is 4.74 Å². The van der Waals surface area contributed by atoms with Crippen molar-refractivity contribution in [1.29, 1.82) is 0 Å². The second-order valence-corrected chi connectivity index (χ2v) is 7.01. The number of ether oxygens (including phenoxy) is 1. The van der Waals surface area contributed by atoms with Crippen LogP contribution in [0.25, 0.3) is 0 Å². The van der Waals surface area contributed by atoms with Crippen LogP contribution in [0.5, 0.6) is 5.75 Å². The summed E-state index contributed by atoms with van der Waals surface area (Å²) >= 11 is 3.47. The number of halogens is 1. The van der Waals surface area contributed by atoms with Crippen LogP contribution in [0.15, 0.2) is 59.6 Å². The first kappa shape index (κ1) is 19.1. The summed E-state index contributed by atoms with van der Waals surface area (Å²) in [7, 11) is 1.63. The lowest BCUT2D eigenvalue weighted by Gasteiger charge is -2.08. The molecule has 6 nitrogen and oxygen atoms in total. The molecule has 2 aromatic carbocycles. The largest absolute Gasteiger partial charge is 0.496 e. The molecule has 0 unspecified atom stereocenters. The van der Waals surface area contributed by atoms with Gasteiger partial charge < -0.3 is 10.1 Å². The van der Waals surface area contributed by atoms with Gasteiger partial charge >= 0.3 is 0 Å². The fraction of sp³-hybridized carbons (Fsp3) is 0.250. The van der Waals surface area contributed by atoms with Crippen molar-refractivity contribution in [2.75, 3.05) is 7.11 Å². The summed E-state index contributed by atoms with van der Waals surface area (Å²) in [5.41, 5.74) is 3.30. The molecule has 1 heterocycles. The van der Waals surface area contributed by atoms with E-state index in [0.717, 1.165) is 26.9 Å². The van der Waals surface area contributed by atoms with Gasteiger partial charge in [0, 0.05) is 13.0 Å². The number of hydrogen-bond donors (Lipinski definition) is 1. The zero-order chi connectivity index (χ0) is 19.1. The first-order valence-corrected chi connectivity index (χ1v) is 9.42. The van der Waals surface area contributed by atoms with Crippen molar-refractivity contribution in [1.82, 2.24) is 20.1 Å². The smallest absolute Gasteiger partial charge is 0.220 e. The minimum Gasteiger partial charge on any atom is -0.496 e. The number of aromatic nitrogens is 3. The lowest BCUT2D eigenvalue weighted by molar-refractivity contribution is -0.121. The molecule has 1 amide bonds. The first-order valence-electron chi connectivity index (χ1n) is 8.63. The highest BCUT2D eigenvalue weighted by Crippen LogP contribution is 2.25. The third kappa shape index (κ3) is 5.65. The van der Waals surface area contributed by atoms with Gasteiger partial charge in [-0.25, -0.2) is 9.67 Å². The monoisotopic (exact) mass is 428 g/mol. The molecule has 0 atom stereocenters. The Bertz CT molecular complexity index is 880. The summed E-state index contributed by atoms with van der Waals surface area (Å²) in [4.78, 5) is 16.0. The van der Waals surface area contributed by atoms with Crippen LogP contribution in [0, 0.1) is 0 Å². The highest BCUT2D eigenvalue weighted by Gasteiger charge is 2.06. The number of hydrogen-bond acceptors (Lipinski definition) is 4. The van der Waals surface area contributed by atoms with Crippen molar-refractivity contribution in [3.05, 3.63) is 76.3 Å². The maximum Gasteiger partial charge on any atom is 0.220 e. The molecule has 3 rings (SSSR count).